The van der Waals surface area contributed by atoms with Crippen molar-refractivity contribution >= 4 is 6.09 Å². The van der Waals surface area contributed by atoms with E-state index in [-0.39, 0.29) is 18.0 Å². The molecule has 2 heterocycles. The van der Waals surface area contributed by atoms with E-state index in [0.29, 0.717) is 31.0 Å². The number of ether oxygens (including phenoxy) is 3. The van der Waals surface area contributed by atoms with Crippen LogP contribution in [0, 0.1) is 23.6 Å². The number of benzene rings is 1. The molecule has 2 aromatic rings. The number of halogens is 1. The third-order valence-corrected chi connectivity index (χ3v) is 7.86. The van der Waals surface area contributed by atoms with Crippen molar-refractivity contribution in [1.82, 2.24) is 10.3 Å². The monoisotopic (exact) mass is 496 g/mol. The van der Waals surface area contributed by atoms with E-state index >= 15 is 0 Å². The molecular formula is C29H37FN2O4. The fraction of sp³-hybridized carbons (Fsp3) is 0.586. The van der Waals surface area contributed by atoms with Crippen molar-refractivity contribution in [2.75, 3.05) is 13.2 Å². The number of alkyl carbamates (subject to hydrolysis) is 1. The molecule has 1 amide bonds. The second kappa shape index (κ2) is 10.1. The molecule has 1 aromatic heterocycles. The van der Waals surface area contributed by atoms with Crippen LogP contribution >= 0.6 is 0 Å². The molecule has 4 atom stereocenters. The molecule has 2 aliphatic carbocycles. The lowest BCUT2D eigenvalue weighted by atomic mass is 9.74. The minimum absolute atomic E-state index is 0.121. The van der Waals surface area contributed by atoms with Crippen LogP contribution in [0.5, 0.6) is 0 Å². The summed E-state index contributed by atoms with van der Waals surface area (Å²) in [6.45, 7) is 6.92. The molecule has 1 unspecified atom stereocenters. The van der Waals surface area contributed by atoms with Crippen molar-refractivity contribution in [2.24, 2.45) is 17.8 Å². The van der Waals surface area contributed by atoms with E-state index in [4.69, 9.17) is 14.2 Å². The van der Waals surface area contributed by atoms with Crippen LogP contribution in [0.15, 0.2) is 42.6 Å². The van der Waals surface area contributed by atoms with E-state index in [1.165, 1.54) is 12.1 Å². The molecule has 7 heteroatoms. The summed E-state index contributed by atoms with van der Waals surface area (Å²) in [4.78, 5) is 17.0. The first kappa shape index (κ1) is 25.2. The smallest absolute Gasteiger partial charge is 0.407 e. The van der Waals surface area contributed by atoms with Crippen LogP contribution in [0.25, 0.3) is 11.1 Å². The molecule has 1 aromatic carbocycles. The Morgan fingerprint density at radius 1 is 1.17 bits per heavy atom. The molecule has 1 saturated heterocycles. The highest BCUT2D eigenvalue weighted by Gasteiger charge is 2.57. The Morgan fingerprint density at radius 2 is 1.97 bits per heavy atom. The minimum Gasteiger partial charge on any atom is -0.444 e. The van der Waals surface area contributed by atoms with Crippen molar-refractivity contribution in [2.45, 2.75) is 76.7 Å². The first-order chi connectivity index (χ1) is 17.2. The van der Waals surface area contributed by atoms with E-state index in [9.17, 15) is 9.18 Å². The third-order valence-electron chi connectivity index (χ3n) is 7.86. The normalized spacial score (nSPS) is 27.1. The van der Waals surface area contributed by atoms with Gasteiger partial charge in [-0.15, -0.1) is 0 Å². The number of nitrogens with zero attached hydrogens (tertiary/aromatic N) is 1. The SMILES string of the molecule is CC(C)(C)OC(=O)NC1CC[C@@H]2[C@@H](C1)CC1(OCCO1)[C@H]2CCc1ccc(-c2cccc(F)c2)cn1. The first-order valence-corrected chi connectivity index (χ1v) is 13.2. The maximum absolute atomic E-state index is 13.6. The van der Waals surface area contributed by atoms with Gasteiger partial charge >= 0.3 is 6.09 Å². The number of aromatic nitrogens is 1. The Balaban J connectivity index is 1.23. The van der Waals surface area contributed by atoms with Crippen LogP contribution in [0.3, 0.4) is 0 Å². The molecule has 1 N–H and O–H groups in total. The van der Waals surface area contributed by atoms with Crippen LogP contribution in [0.4, 0.5) is 9.18 Å². The van der Waals surface area contributed by atoms with Crippen molar-refractivity contribution in [1.29, 1.82) is 0 Å². The van der Waals surface area contributed by atoms with Gasteiger partial charge in [-0.2, -0.15) is 0 Å². The van der Waals surface area contributed by atoms with E-state index < -0.39 is 11.4 Å². The molecule has 36 heavy (non-hydrogen) atoms. The largest absolute Gasteiger partial charge is 0.444 e. The average Bonchev–Trinajstić information content (AvgIpc) is 3.40. The summed E-state index contributed by atoms with van der Waals surface area (Å²) in [7, 11) is 0. The first-order valence-electron chi connectivity index (χ1n) is 13.2. The van der Waals surface area contributed by atoms with Gasteiger partial charge in [0.05, 0.1) is 13.2 Å². The summed E-state index contributed by atoms with van der Waals surface area (Å²) in [5.74, 6) is 0.497. The van der Waals surface area contributed by atoms with Gasteiger partial charge in [-0.1, -0.05) is 18.2 Å². The van der Waals surface area contributed by atoms with Crippen LogP contribution in [-0.2, 0) is 20.6 Å². The Kier molecular flexibility index (Phi) is 7.05. The molecule has 1 spiro atoms. The number of carbonyl (C=O) groups excluding carboxylic acids is 1. The summed E-state index contributed by atoms with van der Waals surface area (Å²) in [6.07, 6.45) is 7.05. The zero-order valence-electron chi connectivity index (χ0n) is 21.5. The van der Waals surface area contributed by atoms with Crippen LogP contribution in [-0.4, -0.2) is 41.7 Å². The number of amides is 1. The molecule has 6 nitrogen and oxygen atoms in total. The maximum Gasteiger partial charge on any atom is 0.407 e. The minimum atomic E-state index is -0.516. The standard InChI is InChI=1S/C29H37FN2O4/c1-28(2,3)36-27(33)32-24-9-11-25-21(16-24)17-29(34-13-14-35-29)26(25)12-10-23-8-7-20(18-31-23)19-5-4-6-22(30)15-19/h4-8,15,18,21,24-26H,9-14,16-17H2,1-3H3,(H,32,33)/t21-,24?,25+,26-/m0/s1. The number of nitrogens with one attached hydrogen (secondary N) is 1. The Hall–Kier alpha value is -2.51. The van der Waals surface area contributed by atoms with Crippen molar-refractivity contribution in [3.63, 3.8) is 0 Å². The number of aryl methyl sites for hydroxylation is 1. The van der Waals surface area contributed by atoms with Gasteiger partial charge < -0.3 is 19.5 Å². The third kappa shape index (κ3) is 5.57. The highest BCUT2D eigenvalue weighted by atomic mass is 19.1. The lowest BCUT2D eigenvalue weighted by molar-refractivity contribution is -0.188. The Morgan fingerprint density at radius 3 is 2.67 bits per heavy atom. The molecule has 194 valence electrons. The van der Waals surface area contributed by atoms with Gasteiger partial charge in [-0.25, -0.2) is 9.18 Å². The lowest BCUT2D eigenvalue weighted by Crippen LogP contribution is -2.43. The zero-order chi connectivity index (χ0) is 25.3. The summed E-state index contributed by atoms with van der Waals surface area (Å²) in [5, 5.41) is 3.09. The topological polar surface area (TPSA) is 69.7 Å². The molecule has 0 bridgehead atoms. The fourth-order valence-corrected chi connectivity index (χ4v) is 6.45. The van der Waals surface area contributed by atoms with Crippen molar-refractivity contribution in [3.8, 4) is 11.1 Å². The van der Waals surface area contributed by atoms with Crippen molar-refractivity contribution in [3.05, 3.63) is 54.1 Å². The highest BCUT2D eigenvalue weighted by Crippen LogP contribution is 2.55. The van der Waals surface area contributed by atoms with E-state index in [1.54, 1.807) is 6.07 Å². The number of pyridine rings is 1. The maximum atomic E-state index is 13.6. The van der Waals surface area contributed by atoms with Gasteiger partial charge in [-0.05, 0) is 88.5 Å². The zero-order valence-corrected chi connectivity index (χ0v) is 21.5. The van der Waals surface area contributed by atoms with Gasteiger partial charge in [0.2, 0.25) is 0 Å². The quantitative estimate of drug-likeness (QED) is 0.559. The van der Waals surface area contributed by atoms with Gasteiger partial charge in [0.15, 0.2) is 5.79 Å². The Bertz CT molecular complexity index is 1060. The molecule has 3 fully saturated rings. The van der Waals surface area contributed by atoms with Crippen LogP contribution in [0.2, 0.25) is 0 Å². The molecule has 1 aliphatic heterocycles. The number of hydrogen-bond acceptors (Lipinski definition) is 5. The van der Waals surface area contributed by atoms with Crippen LogP contribution < -0.4 is 5.32 Å². The second-order valence-corrected chi connectivity index (χ2v) is 11.5. The summed E-state index contributed by atoms with van der Waals surface area (Å²) in [5.41, 5.74) is 2.26. The summed E-state index contributed by atoms with van der Waals surface area (Å²) >= 11 is 0. The molecule has 0 radical (unpaired) electrons. The van der Waals surface area contributed by atoms with Gasteiger partial charge in [0, 0.05) is 35.8 Å². The average molecular weight is 497 g/mol. The second-order valence-electron chi connectivity index (χ2n) is 11.5. The fourth-order valence-electron chi connectivity index (χ4n) is 6.45. The summed E-state index contributed by atoms with van der Waals surface area (Å²) in [6, 6.07) is 10.8. The molecule has 2 saturated carbocycles. The lowest BCUT2D eigenvalue weighted by Gasteiger charge is -2.36. The number of rotatable bonds is 5. The van der Waals surface area contributed by atoms with E-state index in [1.807, 2.05) is 45.2 Å². The van der Waals surface area contributed by atoms with Gasteiger partial charge in [0.25, 0.3) is 0 Å². The number of carbonyl (C=O) groups is 1. The van der Waals surface area contributed by atoms with Crippen molar-refractivity contribution < 1.29 is 23.4 Å². The van der Waals surface area contributed by atoms with Gasteiger partial charge in [0.1, 0.15) is 11.4 Å². The van der Waals surface area contributed by atoms with E-state index in [0.717, 1.165) is 55.3 Å². The van der Waals surface area contributed by atoms with Crippen LogP contribution in [0.1, 0.15) is 58.6 Å². The van der Waals surface area contributed by atoms with E-state index in [2.05, 4.69) is 10.3 Å². The predicted octanol–water partition coefficient (Wildman–Crippen LogP) is 5.89. The number of fused-ring (bicyclic) bond motifs is 1. The summed E-state index contributed by atoms with van der Waals surface area (Å²) < 4.78 is 31.6. The molecule has 3 aliphatic rings. The molecular weight excluding hydrogens is 459 g/mol. The van der Waals surface area contributed by atoms with Gasteiger partial charge in [-0.3, -0.25) is 4.98 Å². The number of hydrogen-bond donors (Lipinski definition) is 1. The molecule has 5 rings (SSSR count). The predicted molar refractivity (Wildman–Crippen MR) is 135 cm³/mol. The Labute approximate surface area is 212 Å². The highest BCUT2D eigenvalue weighted by molar-refractivity contribution is 5.68.